The quantitative estimate of drug-likeness (QED) is 0.354. The standard InChI is InChI=1S/C26H24N8O5/c1-2-19(35)39-33-11-5-6-15(12-33)34-25-20(24(27)29-13-30-25)21(32-34)16-8-9-17(23-22(16)37-14-38-23)31-26(36)18-7-3-4-10-28-18/h2-4,7-10,13,15H,1,5-6,11-12,14H2,(H,31,36)(H2,27,29,30)/t15-/m1/s1. The second-order valence-electron chi connectivity index (χ2n) is 8.94. The highest BCUT2D eigenvalue weighted by atomic mass is 16.7. The number of hydrogen-bond acceptors (Lipinski definition) is 11. The monoisotopic (exact) mass is 528 g/mol. The molecule has 13 heteroatoms. The minimum absolute atomic E-state index is 0.0321. The molecule has 1 fully saturated rings. The molecule has 0 aliphatic carbocycles. The van der Waals surface area contributed by atoms with Gasteiger partial charge < -0.3 is 25.4 Å². The Morgan fingerprint density at radius 1 is 1.15 bits per heavy atom. The lowest BCUT2D eigenvalue weighted by atomic mass is 10.1. The summed E-state index contributed by atoms with van der Waals surface area (Å²) in [4.78, 5) is 42.6. The molecule has 198 valence electrons. The minimum atomic E-state index is -0.517. The van der Waals surface area contributed by atoms with E-state index < -0.39 is 5.97 Å². The fourth-order valence-electron chi connectivity index (χ4n) is 4.77. The number of carbonyl (C=O) groups is 2. The summed E-state index contributed by atoms with van der Waals surface area (Å²) in [5.74, 6) is 0.139. The van der Waals surface area contributed by atoms with E-state index in [0.29, 0.717) is 52.6 Å². The van der Waals surface area contributed by atoms with Gasteiger partial charge in [-0.2, -0.15) is 5.10 Å². The van der Waals surface area contributed by atoms with Crippen LogP contribution in [0.15, 0.2) is 55.5 Å². The van der Waals surface area contributed by atoms with Crippen LogP contribution in [0.4, 0.5) is 11.5 Å². The number of nitrogens with zero attached hydrogens (tertiary/aromatic N) is 6. The second kappa shape index (κ2) is 10.0. The number of anilines is 2. The largest absolute Gasteiger partial charge is 0.453 e. The fraction of sp³-hybridized carbons (Fsp3) is 0.231. The van der Waals surface area contributed by atoms with Gasteiger partial charge in [-0.25, -0.2) is 19.4 Å². The van der Waals surface area contributed by atoms with Crippen LogP contribution >= 0.6 is 0 Å². The Bertz CT molecular complexity index is 1590. The molecule has 0 spiro atoms. The molecular formula is C26H24N8O5. The highest BCUT2D eigenvalue weighted by Crippen LogP contribution is 2.48. The van der Waals surface area contributed by atoms with Gasteiger partial charge in [0.2, 0.25) is 6.79 Å². The number of carbonyl (C=O) groups excluding carboxylic acids is 2. The molecule has 39 heavy (non-hydrogen) atoms. The van der Waals surface area contributed by atoms with Gasteiger partial charge in [-0.1, -0.05) is 12.6 Å². The summed E-state index contributed by atoms with van der Waals surface area (Å²) in [7, 11) is 0. The van der Waals surface area contributed by atoms with Crippen molar-refractivity contribution in [3.8, 4) is 22.8 Å². The van der Waals surface area contributed by atoms with Crippen molar-refractivity contribution < 1.29 is 23.9 Å². The first-order valence-electron chi connectivity index (χ1n) is 12.3. The predicted octanol–water partition coefficient (Wildman–Crippen LogP) is 2.73. The van der Waals surface area contributed by atoms with Crippen molar-refractivity contribution in [2.45, 2.75) is 18.9 Å². The maximum atomic E-state index is 12.7. The van der Waals surface area contributed by atoms with Crippen LogP contribution in [0.1, 0.15) is 29.4 Å². The van der Waals surface area contributed by atoms with Gasteiger partial charge in [0.05, 0.1) is 23.7 Å². The molecule has 13 nitrogen and oxygen atoms in total. The minimum Gasteiger partial charge on any atom is -0.453 e. The van der Waals surface area contributed by atoms with E-state index in [9.17, 15) is 9.59 Å². The summed E-state index contributed by atoms with van der Waals surface area (Å²) < 4.78 is 13.4. The zero-order valence-corrected chi connectivity index (χ0v) is 20.7. The lowest BCUT2D eigenvalue weighted by Crippen LogP contribution is -2.38. The number of nitrogens with two attached hydrogens (primary N) is 1. The summed E-state index contributed by atoms with van der Waals surface area (Å²) in [6, 6.07) is 8.43. The Morgan fingerprint density at radius 3 is 2.85 bits per heavy atom. The zero-order valence-electron chi connectivity index (χ0n) is 20.7. The van der Waals surface area contributed by atoms with Crippen molar-refractivity contribution >= 4 is 34.4 Å². The maximum Gasteiger partial charge on any atom is 0.349 e. The molecule has 2 aliphatic heterocycles. The average Bonchev–Trinajstić information content (AvgIpc) is 3.61. The molecule has 0 saturated carbocycles. The summed E-state index contributed by atoms with van der Waals surface area (Å²) >= 11 is 0. The zero-order chi connectivity index (χ0) is 26.9. The second-order valence-corrected chi connectivity index (χ2v) is 8.94. The van der Waals surface area contributed by atoms with Crippen molar-refractivity contribution in [2.75, 3.05) is 30.9 Å². The van der Waals surface area contributed by atoms with Crippen LogP contribution in [0.25, 0.3) is 22.3 Å². The summed E-state index contributed by atoms with van der Waals surface area (Å²) in [5, 5.41) is 9.90. The van der Waals surface area contributed by atoms with Crippen molar-refractivity contribution in [1.82, 2.24) is 29.8 Å². The van der Waals surface area contributed by atoms with Gasteiger partial charge in [0.25, 0.3) is 5.91 Å². The molecule has 2 aliphatic rings. The SMILES string of the molecule is C=CC(=O)ON1CCC[C@@H](n2nc(-c3ccc(NC(=O)c4ccccn4)c4c3OCO4)c3c(N)ncnc32)C1. The van der Waals surface area contributed by atoms with E-state index >= 15 is 0 Å². The molecule has 0 radical (unpaired) electrons. The van der Waals surface area contributed by atoms with E-state index in [1.165, 1.54) is 6.33 Å². The third-order valence-corrected chi connectivity index (χ3v) is 6.53. The third kappa shape index (κ3) is 4.48. The van der Waals surface area contributed by atoms with Gasteiger partial charge in [0.15, 0.2) is 17.1 Å². The van der Waals surface area contributed by atoms with Crippen molar-refractivity contribution in [1.29, 1.82) is 0 Å². The number of pyridine rings is 1. The van der Waals surface area contributed by atoms with Gasteiger partial charge >= 0.3 is 5.97 Å². The molecule has 5 heterocycles. The Hall–Kier alpha value is -5.04. The Labute approximate surface area is 222 Å². The van der Waals surface area contributed by atoms with E-state index in [0.717, 1.165) is 18.9 Å². The van der Waals surface area contributed by atoms with Gasteiger partial charge in [0.1, 0.15) is 23.5 Å². The third-order valence-electron chi connectivity index (χ3n) is 6.53. The van der Waals surface area contributed by atoms with E-state index in [4.69, 9.17) is 25.1 Å². The van der Waals surface area contributed by atoms with Crippen LogP contribution in [0, 0.1) is 0 Å². The molecule has 1 atom stereocenters. The molecule has 0 bridgehead atoms. The molecule has 1 aromatic carbocycles. The molecule has 3 aromatic heterocycles. The number of benzene rings is 1. The first kappa shape index (κ1) is 24.3. The molecule has 1 amide bonds. The first-order chi connectivity index (χ1) is 19.0. The van der Waals surface area contributed by atoms with Crippen LogP contribution in [0.5, 0.6) is 11.5 Å². The Morgan fingerprint density at radius 2 is 2.03 bits per heavy atom. The highest BCUT2D eigenvalue weighted by molar-refractivity contribution is 6.05. The molecule has 4 aromatic rings. The molecule has 6 rings (SSSR count). The van der Waals surface area contributed by atoms with E-state index in [1.54, 1.807) is 46.3 Å². The van der Waals surface area contributed by atoms with Crippen LogP contribution < -0.4 is 20.5 Å². The number of nitrogen functional groups attached to an aromatic ring is 1. The number of fused-ring (bicyclic) bond motifs is 2. The molecule has 3 N–H and O–H groups in total. The molecule has 0 unspecified atom stereocenters. The maximum absolute atomic E-state index is 12.7. The van der Waals surface area contributed by atoms with Crippen molar-refractivity contribution in [3.05, 3.63) is 61.2 Å². The lowest BCUT2D eigenvalue weighted by Gasteiger charge is -2.31. The Balaban J connectivity index is 1.39. The van der Waals surface area contributed by atoms with E-state index in [1.807, 2.05) is 0 Å². The van der Waals surface area contributed by atoms with Crippen LogP contribution in [0.3, 0.4) is 0 Å². The van der Waals surface area contributed by atoms with Crippen molar-refractivity contribution in [3.63, 3.8) is 0 Å². The normalized spacial score (nSPS) is 16.7. The number of hydroxylamine groups is 2. The number of hydrogen-bond donors (Lipinski definition) is 2. The summed E-state index contributed by atoms with van der Waals surface area (Å²) in [5.41, 5.74) is 8.68. The molecule has 1 saturated heterocycles. The first-order valence-corrected chi connectivity index (χ1v) is 12.3. The smallest absolute Gasteiger partial charge is 0.349 e. The van der Waals surface area contributed by atoms with Gasteiger partial charge in [-0.3, -0.25) is 9.78 Å². The number of amides is 1. The summed E-state index contributed by atoms with van der Waals surface area (Å²) in [6.07, 6.45) is 5.63. The average molecular weight is 529 g/mol. The lowest BCUT2D eigenvalue weighted by molar-refractivity contribution is -0.191. The van der Waals surface area contributed by atoms with Crippen LogP contribution in [-0.4, -0.2) is 61.6 Å². The highest BCUT2D eigenvalue weighted by Gasteiger charge is 2.31. The summed E-state index contributed by atoms with van der Waals surface area (Å²) in [6.45, 7) is 4.44. The molecular weight excluding hydrogens is 504 g/mol. The predicted molar refractivity (Wildman–Crippen MR) is 140 cm³/mol. The van der Waals surface area contributed by atoms with Gasteiger partial charge in [-0.15, -0.1) is 5.06 Å². The number of aromatic nitrogens is 5. The Kier molecular flexibility index (Phi) is 6.25. The van der Waals surface area contributed by atoms with Crippen LogP contribution in [-0.2, 0) is 9.63 Å². The number of nitrogens with one attached hydrogen (secondary N) is 1. The number of piperidine rings is 1. The number of ether oxygens (including phenoxy) is 2. The van der Waals surface area contributed by atoms with Crippen LogP contribution in [0.2, 0.25) is 0 Å². The van der Waals surface area contributed by atoms with E-state index in [-0.39, 0.29) is 30.3 Å². The number of rotatable bonds is 6. The van der Waals surface area contributed by atoms with Gasteiger partial charge in [0, 0.05) is 24.4 Å². The topological polar surface area (TPSA) is 160 Å². The fourth-order valence-corrected chi connectivity index (χ4v) is 4.77. The van der Waals surface area contributed by atoms with Crippen molar-refractivity contribution in [2.24, 2.45) is 0 Å². The van der Waals surface area contributed by atoms with E-state index in [2.05, 4.69) is 26.8 Å². The van der Waals surface area contributed by atoms with Gasteiger partial charge in [-0.05, 0) is 37.1 Å².